The van der Waals surface area contributed by atoms with E-state index in [2.05, 4.69) is 16.7 Å². The summed E-state index contributed by atoms with van der Waals surface area (Å²) < 4.78 is 24.8. The second-order valence-corrected chi connectivity index (χ2v) is 8.46. The van der Waals surface area contributed by atoms with Gasteiger partial charge in [-0.2, -0.15) is 0 Å². The predicted molar refractivity (Wildman–Crippen MR) is 85.9 cm³/mol. The van der Waals surface area contributed by atoms with E-state index >= 15 is 0 Å². The summed E-state index contributed by atoms with van der Waals surface area (Å²) >= 11 is 0. The summed E-state index contributed by atoms with van der Waals surface area (Å²) in [7, 11) is 0.0797. The van der Waals surface area contributed by atoms with E-state index in [1.807, 2.05) is 6.92 Å². The van der Waals surface area contributed by atoms with Crippen LogP contribution in [0.3, 0.4) is 0 Å². The fourth-order valence-electron chi connectivity index (χ4n) is 2.78. The summed E-state index contributed by atoms with van der Waals surface area (Å²) in [5.41, 5.74) is 0. The zero-order chi connectivity index (χ0) is 16.0. The Morgan fingerprint density at radius 2 is 2.00 bits per heavy atom. The van der Waals surface area contributed by atoms with Crippen molar-refractivity contribution >= 4 is 10.0 Å². The summed E-state index contributed by atoms with van der Waals surface area (Å²) in [6.45, 7) is 8.40. The van der Waals surface area contributed by atoms with E-state index in [1.54, 1.807) is 14.1 Å². The van der Waals surface area contributed by atoms with Gasteiger partial charge in [-0.25, -0.2) is 12.7 Å². The van der Waals surface area contributed by atoms with Gasteiger partial charge < -0.3 is 10.0 Å². The maximum atomic E-state index is 11.7. The Labute approximate surface area is 129 Å². The van der Waals surface area contributed by atoms with E-state index in [0.29, 0.717) is 12.5 Å². The van der Waals surface area contributed by atoms with Crippen molar-refractivity contribution in [3.8, 4) is 0 Å². The van der Waals surface area contributed by atoms with Gasteiger partial charge in [0.1, 0.15) is 0 Å². The van der Waals surface area contributed by atoms with Crippen LogP contribution in [-0.2, 0) is 10.0 Å². The third-order valence-corrected chi connectivity index (χ3v) is 6.01. The maximum Gasteiger partial charge on any atom is 0.213 e. The van der Waals surface area contributed by atoms with Crippen LogP contribution in [0.1, 0.15) is 26.7 Å². The van der Waals surface area contributed by atoms with Crippen LogP contribution in [0, 0.1) is 0 Å². The molecule has 1 rings (SSSR count). The number of aliphatic hydroxyl groups is 1. The van der Waals surface area contributed by atoms with Crippen molar-refractivity contribution in [1.29, 1.82) is 0 Å². The molecule has 2 atom stereocenters. The first-order valence-corrected chi connectivity index (χ1v) is 9.41. The number of nitrogens with zero attached hydrogens (tertiary/aromatic N) is 3. The largest absolute Gasteiger partial charge is 0.392 e. The lowest BCUT2D eigenvalue weighted by atomic mass is 10.1. The molecule has 21 heavy (non-hydrogen) atoms. The number of β-amino-alcohol motifs (C(OH)–C–C–N with tert-alkyl or cyclic N) is 1. The van der Waals surface area contributed by atoms with Crippen molar-refractivity contribution in [1.82, 2.24) is 14.1 Å². The molecule has 0 spiro atoms. The fourth-order valence-corrected chi connectivity index (χ4v) is 3.64. The first-order chi connectivity index (χ1) is 9.76. The van der Waals surface area contributed by atoms with Crippen LogP contribution in [0.15, 0.2) is 0 Å². The van der Waals surface area contributed by atoms with Gasteiger partial charge in [-0.1, -0.05) is 6.92 Å². The number of hydrogen-bond acceptors (Lipinski definition) is 5. The van der Waals surface area contributed by atoms with Gasteiger partial charge in [-0.3, -0.25) is 4.90 Å². The van der Waals surface area contributed by atoms with E-state index < -0.39 is 10.0 Å². The summed E-state index contributed by atoms with van der Waals surface area (Å²) in [6.07, 6.45) is 1.43. The molecule has 0 unspecified atom stereocenters. The Balaban J connectivity index is 2.39. The predicted octanol–water partition coefficient (Wildman–Crippen LogP) is 0.0449. The molecule has 1 N–H and O–H groups in total. The molecule has 0 bridgehead atoms. The highest BCUT2D eigenvalue weighted by molar-refractivity contribution is 7.89. The monoisotopic (exact) mass is 321 g/mol. The average Bonchev–Trinajstić information content (AvgIpc) is 2.39. The summed E-state index contributed by atoms with van der Waals surface area (Å²) in [6, 6.07) is 0.457. The average molecular weight is 321 g/mol. The Morgan fingerprint density at radius 3 is 2.52 bits per heavy atom. The molecule has 6 nitrogen and oxygen atoms in total. The molecule has 0 amide bonds. The number of aliphatic hydroxyl groups excluding tert-OH is 1. The van der Waals surface area contributed by atoms with Crippen molar-refractivity contribution < 1.29 is 13.5 Å². The lowest BCUT2D eigenvalue weighted by Crippen LogP contribution is -2.54. The Morgan fingerprint density at radius 1 is 1.33 bits per heavy atom. The molecule has 1 heterocycles. The highest BCUT2D eigenvalue weighted by atomic mass is 32.2. The van der Waals surface area contributed by atoms with Gasteiger partial charge in [0.05, 0.1) is 11.9 Å². The third-order valence-electron chi connectivity index (χ3n) is 4.09. The first-order valence-electron chi connectivity index (χ1n) is 7.81. The van der Waals surface area contributed by atoms with Crippen LogP contribution in [0.25, 0.3) is 0 Å². The first kappa shape index (κ1) is 18.8. The number of piperazine rings is 1. The SMILES string of the molecule is CC[C@@H]1CN(CCCS(=O)(=O)N(C)C)CCN1C[C@@H](C)O. The number of hydrogen-bond donors (Lipinski definition) is 1. The highest BCUT2D eigenvalue weighted by Crippen LogP contribution is 2.14. The molecule has 0 aromatic heterocycles. The van der Waals surface area contributed by atoms with Crippen LogP contribution in [0.4, 0.5) is 0 Å². The van der Waals surface area contributed by atoms with Gasteiger partial charge >= 0.3 is 0 Å². The van der Waals surface area contributed by atoms with Crippen LogP contribution >= 0.6 is 0 Å². The van der Waals surface area contributed by atoms with Gasteiger partial charge in [0.15, 0.2) is 0 Å². The minimum Gasteiger partial charge on any atom is -0.392 e. The molecular formula is C14H31N3O3S. The molecule has 1 saturated heterocycles. The zero-order valence-electron chi connectivity index (χ0n) is 13.8. The molecule has 0 aromatic rings. The Hall–Kier alpha value is -0.210. The fraction of sp³-hybridized carbons (Fsp3) is 1.00. The lowest BCUT2D eigenvalue weighted by molar-refractivity contribution is 0.0368. The van der Waals surface area contributed by atoms with Crippen molar-refractivity contribution in [2.24, 2.45) is 0 Å². The Kier molecular flexibility index (Phi) is 7.56. The molecule has 0 saturated carbocycles. The number of rotatable bonds is 8. The van der Waals surface area contributed by atoms with E-state index in [9.17, 15) is 13.5 Å². The Bertz CT molecular complexity index is 398. The summed E-state index contributed by atoms with van der Waals surface area (Å²) in [5, 5.41) is 9.54. The number of sulfonamides is 1. The van der Waals surface area contributed by atoms with E-state index in [0.717, 1.165) is 39.1 Å². The maximum absolute atomic E-state index is 11.7. The van der Waals surface area contributed by atoms with Crippen LogP contribution < -0.4 is 0 Å². The van der Waals surface area contributed by atoms with Gasteiger partial charge in [-0.05, 0) is 26.3 Å². The van der Waals surface area contributed by atoms with Crippen LogP contribution in [-0.4, -0.2) is 92.3 Å². The summed E-state index contributed by atoms with van der Waals surface area (Å²) in [5.74, 6) is 0.213. The molecule has 0 aliphatic carbocycles. The van der Waals surface area contributed by atoms with Crippen LogP contribution in [0.5, 0.6) is 0 Å². The standard InChI is InChI=1S/C14H31N3O3S/c1-5-14-12-16(8-9-17(14)11-13(2)18)7-6-10-21(19,20)15(3)4/h13-14,18H,5-12H2,1-4H3/t13-,14-/m1/s1. The van der Waals surface area contributed by atoms with E-state index in [-0.39, 0.29) is 11.9 Å². The molecule has 0 radical (unpaired) electrons. The molecule has 0 aromatic carbocycles. The van der Waals surface area contributed by atoms with Crippen LogP contribution in [0.2, 0.25) is 0 Å². The van der Waals surface area contributed by atoms with Gasteiger partial charge in [0.25, 0.3) is 0 Å². The highest BCUT2D eigenvalue weighted by Gasteiger charge is 2.26. The van der Waals surface area contributed by atoms with Crippen molar-refractivity contribution in [3.63, 3.8) is 0 Å². The van der Waals surface area contributed by atoms with Gasteiger partial charge in [0, 0.05) is 46.3 Å². The molecule has 1 aliphatic rings. The van der Waals surface area contributed by atoms with Crippen molar-refractivity contribution in [3.05, 3.63) is 0 Å². The quantitative estimate of drug-likeness (QED) is 0.684. The smallest absolute Gasteiger partial charge is 0.213 e. The lowest BCUT2D eigenvalue weighted by Gasteiger charge is -2.41. The second kappa shape index (κ2) is 8.43. The summed E-state index contributed by atoms with van der Waals surface area (Å²) in [4.78, 5) is 4.69. The van der Waals surface area contributed by atoms with Crippen molar-refractivity contribution in [2.45, 2.75) is 38.8 Å². The van der Waals surface area contributed by atoms with Gasteiger partial charge in [0.2, 0.25) is 10.0 Å². The minimum absolute atomic E-state index is 0.213. The molecule has 126 valence electrons. The van der Waals surface area contributed by atoms with Gasteiger partial charge in [-0.15, -0.1) is 0 Å². The molecule has 1 fully saturated rings. The molecular weight excluding hydrogens is 290 g/mol. The minimum atomic E-state index is -3.08. The third kappa shape index (κ3) is 6.20. The zero-order valence-corrected chi connectivity index (χ0v) is 14.6. The topological polar surface area (TPSA) is 64.1 Å². The normalized spacial score (nSPS) is 23.6. The molecule has 1 aliphatic heterocycles. The van der Waals surface area contributed by atoms with E-state index in [1.165, 1.54) is 4.31 Å². The molecule has 7 heteroatoms. The second-order valence-electron chi connectivity index (χ2n) is 6.16. The van der Waals surface area contributed by atoms with E-state index in [4.69, 9.17) is 0 Å². The van der Waals surface area contributed by atoms with Crippen molar-refractivity contribution in [2.75, 3.05) is 52.6 Å².